The average Bonchev–Trinajstić information content (AvgIpc) is 3.15. The van der Waals surface area contributed by atoms with Gasteiger partial charge in [0.2, 0.25) is 0 Å². The van der Waals surface area contributed by atoms with Gasteiger partial charge in [0.1, 0.15) is 11.5 Å². The molecule has 0 radical (unpaired) electrons. The topological polar surface area (TPSA) is 121 Å². The molecule has 0 unspecified atom stereocenters. The fraction of sp³-hybridized carbons (Fsp3) is 0.167. The van der Waals surface area contributed by atoms with Crippen LogP contribution < -0.4 is 14.8 Å². The number of benzene rings is 2. The SMILES string of the molecule is COc1ccc(-c2nnc(NC(=O)c3ccc(S(C)(=O)=O)cc3)o2)c(OC)c1. The predicted octanol–water partition coefficient (Wildman–Crippen LogP) is 2.41. The molecule has 1 N–H and O–H groups in total. The zero-order valence-electron chi connectivity index (χ0n) is 15.3. The van der Waals surface area contributed by atoms with Crippen molar-refractivity contribution in [3.63, 3.8) is 0 Å². The van der Waals surface area contributed by atoms with Crippen molar-refractivity contribution in [2.45, 2.75) is 4.90 Å². The minimum atomic E-state index is -3.34. The van der Waals surface area contributed by atoms with Gasteiger partial charge in [-0.25, -0.2) is 8.42 Å². The Morgan fingerprint density at radius 1 is 1.04 bits per heavy atom. The van der Waals surface area contributed by atoms with Gasteiger partial charge in [-0.05, 0) is 36.4 Å². The number of nitrogens with one attached hydrogen (secondary N) is 1. The van der Waals surface area contributed by atoms with E-state index in [2.05, 4.69) is 15.5 Å². The molecule has 0 bridgehead atoms. The van der Waals surface area contributed by atoms with Gasteiger partial charge >= 0.3 is 6.01 Å². The second-order valence-electron chi connectivity index (χ2n) is 5.73. The molecule has 0 aliphatic heterocycles. The molecule has 3 rings (SSSR count). The number of sulfone groups is 1. The van der Waals surface area contributed by atoms with Crippen LogP contribution in [0.3, 0.4) is 0 Å². The molecular formula is C18H17N3O6S. The van der Waals surface area contributed by atoms with Crippen molar-refractivity contribution in [3.8, 4) is 23.0 Å². The van der Waals surface area contributed by atoms with Crippen molar-refractivity contribution in [3.05, 3.63) is 48.0 Å². The maximum absolute atomic E-state index is 12.3. The van der Waals surface area contributed by atoms with Gasteiger partial charge in [0.05, 0.1) is 24.7 Å². The van der Waals surface area contributed by atoms with E-state index < -0.39 is 15.7 Å². The third-order valence-electron chi connectivity index (χ3n) is 3.83. The first-order valence-corrected chi connectivity index (χ1v) is 9.88. The first-order valence-electron chi connectivity index (χ1n) is 7.99. The van der Waals surface area contributed by atoms with Crippen molar-refractivity contribution in [1.82, 2.24) is 10.2 Å². The molecule has 1 heterocycles. The highest BCUT2D eigenvalue weighted by Gasteiger charge is 2.17. The van der Waals surface area contributed by atoms with Crippen molar-refractivity contribution in [1.29, 1.82) is 0 Å². The summed E-state index contributed by atoms with van der Waals surface area (Å²) in [6.07, 6.45) is 1.09. The minimum absolute atomic E-state index is 0.106. The average molecular weight is 403 g/mol. The number of amides is 1. The van der Waals surface area contributed by atoms with Crippen molar-refractivity contribution in [2.75, 3.05) is 25.8 Å². The van der Waals surface area contributed by atoms with E-state index in [1.807, 2.05) is 0 Å². The quantitative estimate of drug-likeness (QED) is 0.666. The van der Waals surface area contributed by atoms with Gasteiger partial charge in [-0.2, -0.15) is 0 Å². The molecule has 28 heavy (non-hydrogen) atoms. The fourth-order valence-corrected chi connectivity index (χ4v) is 3.01. The molecule has 10 heteroatoms. The summed E-state index contributed by atoms with van der Waals surface area (Å²) in [4.78, 5) is 12.4. The summed E-state index contributed by atoms with van der Waals surface area (Å²) in [5.41, 5.74) is 0.781. The Labute approximate surface area is 161 Å². The number of nitrogens with zero attached hydrogens (tertiary/aromatic N) is 2. The summed E-state index contributed by atoms with van der Waals surface area (Å²) in [5, 5.41) is 10.2. The van der Waals surface area contributed by atoms with Crippen LogP contribution in [0.5, 0.6) is 11.5 Å². The summed E-state index contributed by atoms with van der Waals surface area (Å²) >= 11 is 0. The van der Waals surface area contributed by atoms with Gasteiger partial charge in [0, 0.05) is 17.9 Å². The predicted molar refractivity (Wildman–Crippen MR) is 100 cm³/mol. The molecule has 0 saturated carbocycles. The maximum atomic E-state index is 12.3. The highest BCUT2D eigenvalue weighted by atomic mass is 32.2. The number of rotatable bonds is 6. The van der Waals surface area contributed by atoms with E-state index in [9.17, 15) is 13.2 Å². The van der Waals surface area contributed by atoms with Crippen LogP contribution in [0.15, 0.2) is 51.8 Å². The molecule has 0 saturated heterocycles. The van der Waals surface area contributed by atoms with E-state index in [0.717, 1.165) is 6.26 Å². The number of hydrogen-bond donors (Lipinski definition) is 1. The second kappa shape index (κ2) is 7.69. The largest absolute Gasteiger partial charge is 0.497 e. The van der Waals surface area contributed by atoms with Gasteiger partial charge in [-0.3, -0.25) is 10.1 Å². The van der Waals surface area contributed by atoms with Crippen LogP contribution in [0.2, 0.25) is 0 Å². The Kier molecular flexibility index (Phi) is 5.32. The molecule has 1 amide bonds. The lowest BCUT2D eigenvalue weighted by molar-refractivity contribution is 0.102. The molecule has 2 aromatic carbocycles. The first-order chi connectivity index (χ1) is 13.3. The Morgan fingerprint density at radius 2 is 1.75 bits per heavy atom. The normalized spacial score (nSPS) is 11.1. The minimum Gasteiger partial charge on any atom is -0.497 e. The number of carbonyl (C=O) groups excluding carboxylic acids is 1. The van der Waals surface area contributed by atoms with E-state index in [1.54, 1.807) is 18.2 Å². The summed E-state index contributed by atoms with van der Waals surface area (Å²) in [5.74, 6) is 0.711. The Bertz CT molecular complexity index is 1110. The van der Waals surface area contributed by atoms with Crippen LogP contribution in [-0.2, 0) is 9.84 Å². The van der Waals surface area contributed by atoms with Crippen molar-refractivity contribution in [2.24, 2.45) is 0 Å². The van der Waals surface area contributed by atoms with Crippen LogP contribution in [0.25, 0.3) is 11.5 Å². The fourth-order valence-electron chi connectivity index (χ4n) is 2.38. The molecule has 0 fully saturated rings. The van der Waals surface area contributed by atoms with Crippen molar-refractivity contribution >= 4 is 21.8 Å². The van der Waals surface area contributed by atoms with Crippen LogP contribution in [-0.4, -0.2) is 45.0 Å². The van der Waals surface area contributed by atoms with Crippen LogP contribution in [0.4, 0.5) is 6.01 Å². The van der Waals surface area contributed by atoms with Gasteiger partial charge < -0.3 is 13.9 Å². The molecule has 1 aromatic heterocycles. The molecule has 0 atom stereocenters. The van der Waals surface area contributed by atoms with Gasteiger partial charge in [0.15, 0.2) is 9.84 Å². The molecular weight excluding hydrogens is 386 g/mol. The number of ether oxygens (including phenoxy) is 2. The number of methoxy groups -OCH3 is 2. The second-order valence-corrected chi connectivity index (χ2v) is 7.74. The summed E-state index contributed by atoms with van der Waals surface area (Å²) in [6, 6.07) is 10.5. The number of hydrogen-bond acceptors (Lipinski definition) is 8. The molecule has 0 aliphatic rings. The standard InChI is InChI=1S/C18H17N3O6S/c1-25-12-6-9-14(15(10-12)26-2)17-20-21-18(27-17)19-16(22)11-4-7-13(8-5-11)28(3,23)24/h4-10H,1-3H3,(H,19,21,22). The van der Waals surface area contributed by atoms with Crippen LogP contribution in [0.1, 0.15) is 10.4 Å². The molecule has 146 valence electrons. The summed E-state index contributed by atoms with van der Waals surface area (Å²) in [6.45, 7) is 0. The Balaban J connectivity index is 1.79. The first kappa shape index (κ1) is 19.4. The zero-order valence-corrected chi connectivity index (χ0v) is 16.1. The van der Waals surface area contributed by atoms with E-state index in [1.165, 1.54) is 38.5 Å². The maximum Gasteiger partial charge on any atom is 0.322 e. The van der Waals surface area contributed by atoms with E-state index >= 15 is 0 Å². The number of aromatic nitrogens is 2. The lowest BCUT2D eigenvalue weighted by Crippen LogP contribution is -2.12. The molecule has 0 aliphatic carbocycles. The highest BCUT2D eigenvalue weighted by molar-refractivity contribution is 7.90. The van der Waals surface area contributed by atoms with Gasteiger partial charge in [-0.1, -0.05) is 5.10 Å². The third-order valence-corrected chi connectivity index (χ3v) is 4.96. The summed E-state index contributed by atoms with van der Waals surface area (Å²) < 4.78 is 38.9. The smallest absolute Gasteiger partial charge is 0.322 e. The Hall–Kier alpha value is -3.40. The third kappa shape index (κ3) is 4.12. The van der Waals surface area contributed by atoms with Gasteiger partial charge in [0.25, 0.3) is 11.8 Å². The molecule has 0 spiro atoms. The van der Waals surface area contributed by atoms with E-state index in [4.69, 9.17) is 13.9 Å². The summed E-state index contributed by atoms with van der Waals surface area (Å²) in [7, 11) is -0.300. The van der Waals surface area contributed by atoms with Crippen molar-refractivity contribution < 1.29 is 27.1 Å². The zero-order chi connectivity index (χ0) is 20.3. The highest BCUT2D eigenvalue weighted by Crippen LogP contribution is 2.33. The van der Waals surface area contributed by atoms with E-state index in [-0.39, 0.29) is 22.4 Å². The molecule has 3 aromatic rings. The lowest BCUT2D eigenvalue weighted by Gasteiger charge is -2.07. The monoisotopic (exact) mass is 403 g/mol. The lowest BCUT2D eigenvalue weighted by atomic mass is 10.2. The number of carbonyl (C=O) groups is 1. The molecule has 9 nitrogen and oxygen atoms in total. The van der Waals surface area contributed by atoms with Crippen LogP contribution >= 0.6 is 0 Å². The van der Waals surface area contributed by atoms with Crippen LogP contribution in [0, 0.1) is 0 Å². The Morgan fingerprint density at radius 3 is 2.36 bits per heavy atom. The van der Waals surface area contributed by atoms with E-state index in [0.29, 0.717) is 17.1 Å². The van der Waals surface area contributed by atoms with Gasteiger partial charge in [-0.15, -0.1) is 5.10 Å². The number of anilines is 1.